The van der Waals surface area contributed by atoms with Crippen molar-refractivity contribution in [1.29, 1.82) is 0 Å². The predicted octanol–water partition coefficient (Wildman–Crippen LogP) is 4.53. The van der Waals surface area contributed by atoms with Crippen LogP contribution in [0.3, 0.4) is 0 Å². The zero-order valence-electron chi connectivity index (χ0n) is 14.5. The molecule has 0 aliphatic heterocycles. The molecule has 0 unspecified atom stereocenters. The number of carboxylic acids is 1. The topological polar surface area (TPSA) is 76.4 Å². The van der Waals surface area contributed by atoms with Crippen molar-refractivity contribution in [2.24, 2.45) is 0 Å². The molecule has 0 saturated heterocycles. The molecule has 0 bridgehead atoms. The molecule has 7 heteroatoms. The van der Waals surface area contributed by atoms with Crippen molar-refractivity contribution in [2.75, 3.05) is 0 Å². The molecule has 0 aliphatic rings. The zero-order valence-corrected chi connectivity index (χ0v) is 16.1. The molecule has 3 aromatic rings. The van der Waals surface area contributed by atoms with Gasteiger partial charge in [-0.3, -0.25) is 0 Å². The molecule has 0 spiro atoms. The highest BCUT2D eigenvalue weighted by molar-refractivity contribution is 7.90. The second kappa shape index (κ2) is 6.14. The van der Waals surface area contributed by atoms with Crippen LogP contribution in [0.1, 0.15) is 36.8 Å². The summed E-state index contributed by atoms with van der Waals surface area (Å²) in [7, 11) is -4.08. The van der Waals surface area contributed by atoms with Crippen LogP contribution in [0.5, 0.6) is 0 Å². The van der Waals surface area contributed by atoms with Gasteiger partial charge >= 0.3 is 5.97 Å². The van der Waals surface area contributed by atoms with E-state index in [0.29, 0.717) is 10.4 Å². The summed E-state index contributed by atoms with van der Waals surface area (Å²) in [6, 6.07) is 12.4. The maximum Gasteiger partial charge on any atom is 0.353 e. The smallest absolute Gasteiger partial charge is 0.353 e. The van der Waals surface area contributed by atoms with E-state index in [9.17, 15) is 18.3 Å². The number of halogens is 1. The van der Waals surface area contributed by atoms with Crippen LogP contribution >= 0.6 is 11.6 Å². The minimum atomic E-state index is -4.08. The van der Waals surface area contributed by atoms with Crippen molar-refractivity contribution in [2.45, 2.75) is 31.1 Å². The van der Waals surface area contributed by atoms with Crippen LogP contribution in [0.2, 0.25) is 5.02 Å². The lowest BCUT2D eigenvalue weighted by Crippen LogP contribution is -2.19. The minimum Gasteiger partial charge on any atom is -0.477 e. The van der Waals surface area contributed by atoms with Gasteiger partial charge in [-0.25, -0.2) is 17.2 Å². The van der Waals surface area contributed by atoms with E-state index in [0.717, 1.165) is 9.54 Å². The van der Waals surface area contributed by atoms with Crippen LogP contribution in [0.15, 0.2) is 53.4 Å². The van der Waals surface area contributed by atoms with Crippen LogP contribution in [-0.4, -0.2) is 23.5 Å². The number of fused-ring (bicyclic) bond motifs is 1. The monoisotopic (exact) mass is 391 g/mol. The minimum absolute atomic E-state index is 0.0282. The number of benzene rings is 2. The summed E-state index contributed by atoms with van der Waals surface area (Å²) in [6.45, 7) is 6.09. The molecule has 1 N–H and O–H groups in total. The first-order chi connectivity index (χ1) is 12.0. The Labute approximate surface area is 156 Å². The number of aromatic nitrogens is 1. The zero-order chi connectivity index (χ0) is 19.3. The third-order valence-electron chi connectivity index (χ3n) is 4.20. The summed E-state index contributed by atoms with van der Waals surface area (Å²) in [4.78, 5) is 11.6. The normalized spacial score (nSPS) is 12.5. The predicted molar refractivity (Wildman–Crippen MR) is 102 cm³/mol. The molecule has 0 radical (unpaired) electrons. The Hall–Kier alpha value is -2.31. The molecular weight excluding hydrogens is 374 g/mol. The molecule has 26 heavy (non-hydrogen) atoms. The summed E-state index contributed by atoms with van der Waals surface area (Å²) >= 11 is 5.95. The van der Waals surface area contributed by atoms with Crippen LogP contribution in [0.4, 0.5) is 0 Å². The molecule has 1 heterocycles. The second-order valence-electron chi connectivity index (χ2n) is 7.08. The van der Waals surface area contributed by atoms with Gasteiger partial charge in [-0.2, -0.15) is 0 Å². The maximum atomic E-state index is 13.1. The molecule has 0 aliphatic carbocycles. The molecule has 136 valence electrons. The highest BCUT2D eigenvalue weighted by Crippen LogP contribution is 2.29. The molecule has 3 rings (SSSR count). The Balaban J connectivity index is 2.24. The molecule has 5 nitrogen and oxygen atoms in total. The van der Waals surface area contributed by atoms with Crippen LogP contribution < -0.4 is 0 Å². The lowest BCUT2D eigenvalue weighted by Gasteiger charge is -2.19. The van der Waals surface area contributed by atoms with Crippen molar-refractivity contribution >= 4 is 38.5 Å². The van der Waals surface area contributed by atoms with Gasteiger partial charge in [-0.05, 0) is 47.4 Å². The van der Waals surface area contributed by atoms with Gasteiger partial charge < -0.3 is 5.11 Å². The average Bonchev–Trinajstić information content (AvgIpc) is 2.93. The highest BCUT2D eigenvalue weighted by Gasteiger charge is 2.26. The van der Waals surface area contributed by atoms with E-state index in [-0.39, 0.29) is 21.5 Å². The van der Waals surface area contributed by atoms with E-state index in [1.807, 2.05) is 20.8 Å². The van der Waals surface area contributed by atoms with Gasteiger partial charge in [-0.15, -0.1) is 0 Å². The molecule has 1 aromatic heterocycles. The van der Waals surface area contributed by atoms with Crippen molar-refractivity contribution < 1.29 is 18.3 Å². The highest BCUT2D eigenvalue weighted by atomic mass is 35.5. The van der Waals surface area contributed by atoms with Gasteiger partial charge in [0.15, 0.2) is 0 Å². The van der Waals surface area contributed by atoms with E-state index >= 15 is 0 Å². The van der Waals surface area contributed by atoms with Gasteiger partial charge in [0.2, 0.25) is 0 Å². The third kappa shape index (κ3) is 3.10. The van der Waals surface area contributed by atoms with Crippen molar-refractivity contribution in [3.8, 4) is 0 Å². The van der Waals surface area contributed by atoms with Crippen LogP contribution in [0.25, 0.3) is 10.9 Å². The van der Waals surface area contributed by atoms with E-state index < -0.39 is 16.0 Å². The molecular formula is C19H18ClNO4S. The van der Waals surface area contributed by atoms with Gasteiger partial charge in [0.05, 0.1) is 10.4 Å². The first kappa shape index (κ1) is 18.5. The fraction of sp³-hybridized carbons (Fsp3) is 0.211. The number of rotatable bonds is 3. The van der Waals surface area contributed by atoms with Gasteiger partial charge in [-0.1, -0.05) is 44.5 Å². The third-order valence-corrected chi connectivity index (χ3v) is 6.17. The largest absolute Gasteiger partial charge is 0.477 e. The lowest BCUT2D eigenvalue weighted by atomic mass is 9.87. The maximum absolute atomic E-state index is 13.1. The number of hydrogen-bond donors (Lipinski definition) is 1. The van der Waals surface area contributed by atoms with Gasteiger partial charge in [0.25, 0.3) is 10.0 Å². The van der Waals surface area contributed by atoms with Crippen LogP contribution in [-0.2, 0) is 15.4 Å². The second-order valence-corrected chi connectivity index (χ2v) is 9.30. The van der Waals surface area contributed by atoms with E-state index in [1.54, 1.807) is 12.1 Å². The number of carbonyl (C=O) groups is 1. The quantitative estimate of drug-likeness (QED) is 0.711. The van der Waals surface area contributed by atoms with Crippen molar-refractivity contribution in [3.63, 3.8) is 0 Å². The summed E-state index contributed by atoms with van der Waals surface area (Å²) in [5.41, 5.74) is 0.804. The van der Waals surface area contributed by atoms with E-state index in [1.165, 1.54) is 36.4 Å². The Morgan fingerprint density at radius 3 is 2.19 bits per heavy atom. The number of nitrogens with zero attached hydrogens (tertiary/aromatic N) is 1. The number of hydrogen-bond acceptors (Lipinski definition) is 3. The first-order valence-electron chi connectivity index (χ1n) is 7.92. The summed E-state index contributed by atoms with van der Waals surface area (Å²) in [6.07, 6.45) is 0. The van der Waals surface area contributed by atoms with Gasteiger partial charge in [0, 0.05) is 10.4 Å². The fourth-order valence-electron chi connectivity index (χ4n) is 2.80. The molecule has 0 fully saturated rings. The first-order valence-corrected chi connectivity index (χ1v) is 9.74. The van der Waals surface area contributed by atoms with Gasteiger partial charge in [0.1, 0.15) is 5.69 Å². The Kier molecular flexibility index (Phi) is 4.37. The SMILES string of the molecule is CC(C)(C)c1ccc(S(=O)(=O)n2c(C(=O)O)cc3cc(Cl)ccc32)cc1. The summed E-state index contributed by atoms with van der Waals surface area (Å²) < 4.78 is 27.1. The molecule has 0 amide bonds. The van der Waals surface area contributed by atoms with Crippen molar-refractivity contribution in [1.82, 2.24) is 3.97 Å². The number of carboxylic acid groups (broad SMARTS) is 1. The Bertz CT molecular complexity index is 1110. The molecule has 2 aromatic carbocycles. The Morgan fingerprint density at radius 1 is 1.04 bits per heavy atom. The van der Waals surface area contributed by atoms with E-state index in [4.69, 9.17) is 11.6 Å². The molecule has 0 atom stereocenters. The standard InChI is InChI=1S/C19H18ClNO4S/c1-19(2,3)13-4-7-15(8-5-13)26(24,25)21-16-9-6-14(20)10-12(16)11-17(21)18(22)23/h4-11H,1-3H3,(H,22,23). The van der Waals surface area contributed by atoms with Crippen molar-refractivity contribution in [3.05, 3.63) is 64.8 Å². The Morgan fingerprint density at radius 2 is 1.65 bits per heavy atom. The van der Waals surface area contributed by atoms with Crippen LogP contribution in [0, 0.1) is 0 Å². The summed E-state index contributed by atoms with van der Waals surface area (Å²) in [5, 5.41) is 10.3. The van der Waals surface area contributed by atoms with E-state index in [2.05, 4.69) is 0 Å². The average molecular weight is 392 g/mol. The summed E-state index contributed by atoms with van der Waals surface area (Å²) in [5.74, 6) is -1.33. The molecule has 0 saturated carbocycles. The number of aromatic carboxylic acids is 1. The fourth-order valence-corrected chi connectivity index (χ4v) is 4.49. The lowest BCUT2D eigenvalue weighted by molar-refractivity contribution is 0.0689.